The Hall–Kier alpha value is -5.12. The van der Waals surface area contributed by atoms with Crippen LogP contribution in [-0.4, -0.2) is 95.0 Å². The summed E-state index contributed by atoms with van der Waals surface area (Å²) in [4.78, 5) is 15.7. The maximum atomic E-state index is 14.1. The van der Waals surface area contributed by atoms with Crippen LogP contribution in [0.5, 0.6) is 0 Å². The number of aliphatic hydroxyl groups is 2. The maximum Gasteiger partial charge on any atom is 0.501 e. The molecule has 354 valence electrons. The first-order valence-corrected chi connectivity index (χ1v) is 24.7. The second-order valence-electron chi connectivity index (χ2n) is 15.8. The molecule has 0 aliphatic carbocycles. The number of sulfonamides is 1. The van der Waals surface area contributed by atoms with Crippen LogP contribution in [0.1, 0.15) is 46.9 Å². The van der Waals surface area contributed by atoms with Crippen LogP contribution >= 0.6 is 11.8 Å². The number of halogens is 6. The van der Waals surface area contributed by atoms with Crippen molar-refractivity contribution in [2.75, 3.05) is 55.8 Å². The molecule has 1 aliphatic rings. The van der Waals surface area contributed by atoms with Gasteiger partial charge in [-0.1, -0.05) is 54.6 Å². The molecule has 1 aliphatic heterocycles. The molecule has 0 radical (unpaired) electrons. The molecule has 1 amide bonds. The maximum absolute atomic E-state index is 14.1. The van der Waals surface area contributed by atoms with Crippen molar-refractivity contribution in [3.8, 4) is 11.1 Å². The van der Waals surface area contributed by atoms with E-state index in [1.807, 2.05) is 40.0 Å². The van der Waals surface area contributed by atoms with Crippen LogP contribution in [0, 0.1) is 5.92 Å². The number of thioether (sulfide) groups is 1. The summed E-state index contributed by atoms with van der Waals surface area (Å²) in [6.07, 6.45) is -4.00. The van der Waals surface area contributed by atoms with Crippen molar-refractivity contribution >= 4 is 48.9 Å². The Balaban J connectivity index is 1.13. The van der Waals surface area contributed by atoms with Gasteiger partial charge in [0.25, 0.3) is 25.8 Å². The molecule has 4 N–H and O–H groups in total. The second kappa shape index (κ2) is 21.2. The van der Waals surface area contributed by atoms with Gasteiger partial charge in [0.05, 0.1) is 28.9 Å². The average molecular weight is 979 g/mol. The fourth-order valence-corrected chi connectivity index (χ4v) is 10.6. The molecule has 11 nitrogen and oxygen atoms in total. The molecule has 66 heavy (non-hydrogen) atoms. The number of alkyl halides is 6. The molecule has 6 rings (SSSR count). The highest BCUT2D eigenvalue weighted by molar-refractivity contribution is 7.99. The lowest BCUT2D eigenvalue weighted by atomic mass is 9.84. The summed E-state index contributed by atoms with van der Waals surface area (Å²) in [5.74, 6) is -1.03. The highest BCUT2D eigenvalue weighted by atomic mass is 32.2. The number of amides is 1. The Labute approximate surface area is 383 Å². The molecule has 2 atom stereocenters. The number of aliphatic hydroxyl groups excluding tert-OH is 2. The third-order valence-corrected chi connectivity index (χ3v) is 15.3. The van der Waals surface area contributed by atoms with Crippen LogP contribution in [0.3, 0.4) is 0 Å². The van der Waals surface area contributed by atoms with Crippen molar-refractivity contribution in [3.63, 3.8) is 0 Å². The van der Waals surface area contributed by atoms with Crippen molar-refractivity contribution in [2.45, 2.75) is 57.8 Å². The van der Waals surface area contributed by atoms with Gasteiger partial charge in [0.15, 0.2) is 0 Å². The summed E-state index contributed by atoms with van der Waals surface area (Å²) >= 11 is 1.37. The van der Waals surface area contributed by atoms with Crippen molar-refractivity contribution in [1.82, 2.24) is 9.62 Å². The quantitative estimate of drug-likeness (QED) is 0.0493. The van der Waals surface area contributed by atoms with Gasteiger partial charge >= 0.3 is 11.7 Å². The second-order valence-corrected chi connectivity index (χ2v) is 20.5. The Kier molecular flexibility index (Phi) is 16.2. The number of nitrogens with zero attached hydrogens (tertiary/aromatic N) is 2. The standard InChI is InChI=1S/C46H48F6N4O7S3/c1-55(27-28-57)24-23-35(30-64-37-7-3-2-4-8-37)53-41-20-19-38(29-42(41)65(60,61)46(50,51)52)66(62,63)54-44(59)33-13-17-36(18-14-33)56-25-21-32(22-26-56)43(58)40-10-6-5-9-39(40)31-11-15-34(16-12-31)45(47,48)49/h2-20,29,32,35,43,53,57-58H,21-28,30H2,1H3,(H,54,59)/t35?,43-/m1/s1. The van der Waals surface area contributed by atoms with E-state index in [1.165, 1.54) is 36.0 Å². The highest BCUT2D eigenvalue weighted by Gasteiger charge is 2.48. The monoisotopic (exact) mass is 978 g/mol. The molecule has 0 spiro atoms. The summed E-state index contributed by atoms with van der Waals surface area (Å²) in [7, 11) is -9.31. The Morgan fingerprint density at radius 1 is 0.833 bits per heavy atom. The minimum atomic E-state index is -6.12. The summed E-state index contributed by atoms with van der Waals surface area (Å²) in [6.45, 7) is 1.55. The largest absolute Gasteiger partial charge is 0.501 e. The zero-order valence-corrected chi connectivity index (χ0v) is 37.9. The molecule has 20 heteroatoms. The van der Waals surface area contributed by atoms with Gasteiger partial charge < -0.3 is 25.3 Å². The molecule has 5 aromatic carbocycles. The minimum absolute atomic E-state index is 0.112. The number of hydrogen-bond donors (Lipinski definition) is 4. The summed E-state index contributed by atoms with van der Waals surface area (Å²) in [5.41, 5.74) is -4.76. The van der Waals surface area contributed by atoms with E-state index in [0.717, 1.165) is 29.2 Å². The number of hydrogen-bond acceptors (Lipinski definition) is 11. The molecule has 5 aromatic rings. The fraction of sp³-hybridized carbons (Fsp3) is 0.326. The molecule has 0 bridgehead atoms. The van der Waals surface area contributed by atoms with Gasteiger partial charge in [0.1, 0.15) is 4.90 Å². The minimum Gasteiger partial charge on any atom is -0.395 e. The fourth-order valence-electron chi connectivity index (χ4n) is 7.57. The lowest BCUT2D eigenvalue weighted by molar-refractivity contribution is -0.137. The first-order chi connectivity index (χ1) is 31.2. The Morgan fingerprint density at radius 2 is 1.47 bits per heavy atom. The van der Waals surface area contributed by atoms with Crippen LogP contribution < -0.4 is 14.9 Å². The van der Waals surface area contributed by atoms with Gasteiger partial charge in [-0.3, -0.25) is 4.79 Å². The van der Waals surface area contributed by atoms with Crippen LogP contribution in [0.25, 0.3) is 11.1 Å². The van der Waals surface area contributed by atoms with E-state index in [4.69, 9.17) is 0 Å². The van der Waals surface area contributed by atoms with Crippen LogP contribution in [0.2, 0.25) is 0 Å². The van der Waals surface area contributed by atoms with Gasteiger partial charge in [-0.15, -0.1) is 11.8 Å². The van der Waals surface area contributed by atoms with Gasteiger partial charge in [-0.25, -0.2) is 21.6 Å². The van der Waals surface area contributed by atoms with E-state index in [1.54, 1.807) is 48.3 Å². The van der Waals surface area contributed by atoms with Crippen LogP contribution in [0.15, 0.2) is 136 Å². The number of sulfone groups is 1. The lowest BCUT2D eigenvalue weighted by Gasteiger charge is -2.36. The predicted molar refractivity (Wildman–Crippen MR) is 241 cm³/mol. The SMILES string of the molecule is CN(CCO)CCC(CSc1ccccc1)Nc1ccc(S(=O)(=O)NC(=O)c2ccc(N3CCC([C@@H](O)c4ccccc4-c4ccc(C(F)(F)F)cc4)CC3)cc2)cc1S(=O)(=O)C(F)(F)F. The third-order valence-electron chi connectivity index (χ3n) is 11.3. The number of anilines is 2. The number of likely N-dealkylation sites (N-methyl/N-ethyl adjacent to an activating group) is 1. The molecule has 1 unspecified atom stereocenters. The number of benzene rings is 5. The summed E-state index contributed by atoms with van der Waals surface area (Å²) < 4.78 is 137. The zero-order valence-electron chi connectivity index (χ0n) is 35.5. The van der Waals surface area contributed by atoms with E-state index >= 15 is 0 Å². The lowest BCUT2D eigenvalue weighted by Crippen LogP contribution is -2.36. The molecule has 1 heterocycles. The smallest absolute Gasteiger partial charge is 0.395 e. The normalized spacial score (nSPS) is 15.1. The summed E-state index contributed by atoms with van der Waals surface area (Å²) in [5, 5.41) is 23.7. The van der Waals surface area contributed by atoms with E-state index in [0.29, 0.717) is 73.9 Å². The number of nitrogens with one attached hydrogen (secondary N) is 2. The number of rotatable bonds is 18. The molecule has 1 saturated heterocycles. The summed E-state index contributed by atoms with van der Waals surface area (Å²) in [6, 6.07) is 28.3. The van der Waals surface area contributed by atoms with Crippen molar-refractivity contribution in [2.24, 2.45) is 5.92 Å². The van der Waals surface area contributed by atoms with E-state index in [-0.39, 0.29) is 23.8 Å². The number of carbonyl (C=O) groups excluding carboxylic acids is 1. The van der Waals surface area contributed by atoms with Crippen LogP contribution in [-0.2, 0) is 26.0 Å². The van der Waals surface area contributed by atoms with E-state index < -0.39 is 70.6 Å². The first-order valence-electron chi connectivity index (χ1n) is 20.7. The average Bonchev–Trinajstić information content (AvgIpc) is 3.29. The van der Waals surface area contributed by atoms with Crippen LogP contribution in [0.4, 0.5) is 37.7 Å². The van der Waals surface area contributed by atoms with E-state index in [9.17, 15) is 58.2 Å². The van der Waals surface area contributed by atoms with Crippen molar-refractivity contribution in [3.05, 3.63) is 138 Å². The third kappa shape index (κ3) is 12.4. The zero-order chi connectivity index (χ0) is 47.9. The topological polar surface area (TPSA) is 156 Å². The highest BCUT2D eigenvalue weighted by Crippen LogP contribution is 2.39. The Morgan fingerprint density at radius 3 is 2.09 bits per heavy atom. The van der Waals surface area contributed by atoms with E-state index in [2.05, 4.69) is 5.32 Å². The number of piperidine rings is 1. The molecule has 1 fully saturated rings. The molecular weight excluding hydrogens is 931 g/mol. The number of carbonyl (C=O) groups is 1. The molecule has 0 aromatic heterocycles. The predicted octanol–water partition coefficient (Wildman–Crippen LogP) is 8.62. The Bertz CT molecular complexity index is 2650. The van der Waals surface area contributed by atoms with Gasteiger partial charge in [-0.05, 0) is 122 Å². The van der Waals surface area contributed by atoms with Crippen molar-refractivity contribution < 1.29 is 58.2 Å². The first kappa shape index (κ1) is 50.3. The molecule has 0 saturated carbocycles. The van der Waals surface area contributed by atoms with Gasteiger partial charge in [0, 0.05) is 47.6 Å². The van der Waals surface area contributed by atoms with Crippen molar-refractivity contribution in [1.29, 1.82) is 0 Å². The van der Waals surface area contributed by atoms with Gasteiger partial charge in [0.2, 0.25) is 0 Å². The van der Waals surface area contributed by atoms with Gasteiger partial charge in [-0.2, -0.15) is 26.3 Å². The molecular formula is C46H48F6N4O7S3.